The van der Waals surface area contributed by atoms with Crippen molar-refractivity contribution in [2.75, 3.05) is 7.11 Å². The van der Waals surface area contributed by atoms with Crippen LogP contribution in [-0.2, 0) is 16.0 Å². The van der Waals surface area contributed by atoms with Gasteiger partial charge in [-0.15, -0.1) is 0 Å². The first-order valence-electron chi connectivity index (χ1n) is 8.92. The molecule has 0 saturated carbocycles. The zero-order chi connectivity index (χ0) is 19.9. The number of ether oxygens (including phenoxy) is 1. The minimum Gasteiger partial charge on any atom is -0.380 e. The van der Waals surface area contributed by atoms with E-state index >= 15 is 0 Å². The third kappa shape index (κ3) is 4.78. The first-order valence-corrected chi connectivity index (χ1v) is 9.29. The van der Waals surface area contributed by atoms with E-state index in [0.29, 0.717) is 11.4 Å². The van der Waals surface area contributed by atoms with Crippen molar-refractivity contribution >= 4 is 17.5 Å². The van der Waals surface area contributed by atoms with Gasteiger partial charge in [0.1, 0.15) is 0 Å². The highest BCUT2D eigenvalue weighted by Crippen LogP contribution is 2.30. The predicted molar refractivity (Wildman–Crippen MR) is 107 cm³/mol. The topological polar surface area (TPSA) is 76.4 Å². The van der Waals surface area contributed by atoms with Gasteiger partial charge in [-0.2, -0.15) is 5.10 Å². The van der Waals surface area contributed by atoms with Crippen molar-refractivity contribution in [3.63, 3.8) is 0 Å². The molecule has 0 radical (unpaired) electrons. The van der Waals surface area contributed by atoms with Crippen molar-refractivity contribution in [3.05, 3.63) is 83.1 Å². The fourth-order valence-corrected chi connectivity index (χ4v) is 3.42. The Morgan fingerprint density at radius 2 is 1.89 bits per heavy atom. The number of rotatable bonds is 8. The average Bonchev–Trinajstić information content (AvgIpc) is 3.22. The fourth-order valence-electron chi connectivity index (χ4n) is 3.30. The second-order valence-electron chi connectivity index (χ2n) is 6.45. The number of nitrogens with zero attached hydrogens (tertiary/aromatic N) is 2. The molecule has 1 heterocycles. The number of hydroxylamine groups is 1. The van der Waals surface area contributed by atoms with Gasteiger partial charge in [-0.3, -0.25) is 10.0 Å². The number of hydrogen-bond acceptors (Lipinski definition) is 4. The molecular formula is C21H22ClN3O3. The van der Waals surface area contributed by atoms with Crippen LogP contribution in [0.4, 0.5) is 0 Å². The smallest absolute Gasteiger partial charge is 0.245 e. The Kier molecular flexibility index (Phi) is 6.81. The highest BCUT2D eigenvalue weighted by molar-refractivity contribution is 6.30. The van der Waals surface area contributed by atoms with Gasteiger partial charge in [-0.1, -0.05) is 41.9 Å². The van der Waals surface area contributed by atoms with Crippen LogP contribution in [0.5, 0.6) is 0 Å². The maximum absolute atomic E-state index is 11.8. The standard InChI is InChI=1S/C21H22ClN3O3/c1-28-20(14-21(26)24-27)18(13-15-7-9-16(22)10-8-15)19-11-12-23-25(19)17-5-3-2-4-6-17/h2-12,18,20,27H,13-14H2,1H3,(H,24,26)/t18-,20-/m1/s1. The van der Waals surface area contributed by atoms with Crippen LogP contribution in [0.3, 0.4) is 0 Å². The van der Waals surface area contributed by atoms with E-state index in [1.54, 1.807) is 18.8 Å². The molecule has 2 aromatic carbocycles. The predicted octanol–water partition coefficient (Wildman–Crippen LogP) is 3.76. The summed E-state index contributed by atoms with van der Waals surface area (Å²) in [6, 6.07) is 19.3. The monoisotopic (exact) mass is 399 g/mol. The largest absolute Gasteiger partial charge is 0.380 e. The van der Waals surface area contributed by atoms with Crippen molar-refractivity contribution in [3.8, 4) is 5.69 Å². The van der Waals surface area contributed by atoms with E-state index in [1.165, 1.54) is 0 Å². The molecule has 0 aliphatic carbocycles. The number of halogens is 1. The van der Waals surface area contributed by atoms with E-state index < -0.39 is 12.0 Å². The number of carbonyl (C=O) groups is 1. The van der Waals surface area contributed by atoms with E-state index in [4.69, 9.17) is 21.5 Å². The van der Waals surface area contributed by atoms with Gasteiger partial charge in [-0.25, -0.2) is 10.2 Å². The number of hydrogen-bond donors (Lipinski definition) is 2. The van der Waals surface area contributed by atoms with Crippen molar-refractivity contribution in [2.24, 2.45) is 0 Å². The Bertz CT molecular complexity index is 897. The highest BCUT2D eigenvalue weighted by Gasteiger charge is 2.29. The molecule has 0 bridgehead atoms. The van der Waals surface area contributed by atoms with Gasteiger partial charge in [0.05, 0.1) is 23.9 Å². The van der Waals surface area contributed by atoms with Gasteiger partial charge >= 0.3 is 0 Å². The minimum atomic E-state index is -0.501. The molecule has 1 amide bonds. The molecule has 0 aliphatic rings. The zero-order valence-electron chi connectivity index (χ0n) is 15.5. The lowest BCUT2D eigenvalue weighted by Gasteiger charge is -2.26. The van der Waals surface area contributed by atoms with Crippen LogP contribution in [-0.4, -0.2) is 34.1 Å². The molecule has 0 saturated heterocycles. The van der Waals surface area contributed by atoms with Gasteiger partial charge in [0, 0.05) is 24.2 Å². The molecule has 0 aliphatic heterocycles. The maximum Gasteiger partial charge on any atom is 0.245 e. The minimum absolute atomic E-state index is 0.0191. The molecule has 2 atom stereocenters. The van der Waals surface area contributed by atoms with Gasteiger partial charge in [0.2, 0.25) is 5.91 Å². The number of methoxy groups -OCH3 is 1. The summed E-state index contributed by atoms with van der Waals surface area (Å²) >= 11 is 6.01. The molecule has 7 heteroatoms. The first kappa shape index (κ1) is 20.1. The highest BCUT2D eigenvalue weighted by atomic mass is 35.5. The molecule has 3 rings (SSSR count). The van der Waals surface area contributed by atoms with Crippen molar-refractivity contribution in [1.82, 2.24) is 15.3 Å². The van der Waals surface area contributed by atoms with Crippen LogP contribution in [0.25, 0.3) is 5.69 Å². The molecular weight excluding hydrogens is 378 g/mol. The summed E-state index contributed by atoms with van der Waals surface area (Å²) in [5.41, 5.74) is 4.58. The maximum atomic E-state index is 11.8. The van der Waals surface area contributed by atoms with Crippen LogP contribution in [0.1, 0.15) is 23.6 Å². The van der Waals surface area contributed by atoms with Gasteiger partial charge in [-0.05, 0) is 42.3 Å². The Hall–Kier alpha value is -2.67. The van der Waals surface area contributed by atoms with E-state index in [-0.39, 0.29) is 12.3 Å². The summed E-state index contributed by atoms with van der Waals surface area (Å²) in [4.78, 5) is 11.8. The van der Waals surface area contributed by atoms with Crippen LogP contribution < -0.4 is 5.48 Å². The Balaban J connectivity index is 1.99. The summed E-state index contributed by atoms with van der Waals surface area (Å²) in [5, 5.41) is 14.1. The summed E-state index contributed by atoms with van der Waals surface area (Å²) < 4.78 is 7.51. The number of amides is 1. The Morgan fingerprint density at radius 1 is 1.18 bits per heavy atom. The van der Waals surface area contributed by atoms with Crippen molar-refractivity contribution < 1.29 is 14.7 Å². The molecule has 0 fully saturated rings. The van der Waals surface area contributed by atoms with E-state index in [9.17, 15) is 4.79 Å². The van der Waals surface area contributed by atoms with Crippen LogP contribution in [0.2, 0.25) is 5.02 Å². The van der Waals surface area contributed by atoms with Gasteiger partial charge in [0.15, 0.2) is 0 Å². The quantitative estimate of drug-likeness (QED) is 0.446. The molecule has 28 heavy (non-hydrogen) atoms. The van der Waals surface area contributed by atoms with Crippen LogP contribution >= 0.6 is 11.6 Å². The lowest BCUT2D eigenvalue weighted by molar-refractivity contribution is -0.132. The Labute approximate surface area is 168 Å². The normalized spacial score (nSPS) is 13.1. The molecule has 3 aromatic rings. The second kappa shape index (κ2) is 9.50. The summed E-state index contributed by atoms with van der Waals surface area (Å²) in [6.07, 6.45) is 1.91. The third-order valence-corrected chi connectivity index (χ3v) is 4.94. The van der Waals surface area contributed by atoms with E-state index in [2.05, 4.69) is 5.10 Å². The van der Waals surface area contributed by atoms with Crippen molar-refractivity contribution in [1.29, 1.82) is 0 Å². The first-order chi connectivity index (χ1) is 13.6. The number of para-hydroxylation sites is 1. The zero-order valence-corrected chi connectivity index (χ0v) is 16.2. The fraction of sp³-hybridized carbons (Fsp3) is 0.238. The Morgan fingerprint density at radius 3 is 2.54 bits per heavy atom. The number of aromatic nitrogens is 2. The lowest BCUT2D eigenvalue weighted by atomic mass is 9.88. The summed E-state index contributed by atoms with van der Waals surface area (Å²) in [6.45, 7) is 0. The number of carbonyl (C=O) groups excluding carboxylic acids is 1. The second-order valence-corrected chi connectivity index (χ2v) is 6.89. The summed E-state index contributed by atoms with van der Waals surface area (Å²) in [5.74, 6) is -0.676. The third-order valence-electron chi connectivity index (χ3n) is 4.68. The molecule has 1 aromatic heterocycles. The average molecular weight is 400 g/mol. The van der Waals surface area contributed by atoms with Crippen molar-refractivity contribution in [2.45, 2.75) is 24.9 Å². The molecule has 2 N–H and O–H groups in total. The lowest BCUT2D eigenvalue weighted by Crippen LogP contribution is -2.32. The van der Waals surface area contributed by atoms with Gasteiger partial charge < -0.3 is 4.74 Å². The number of benzene rings is 2. The van der Waals surface area contributed by atoms with Crippen LogP contribution in [0, 0.1) is 0 Å². The molecule has 6 nitrogen and oxygen atoms in total. The van der Waals surface area contributed by atoms with Gasteiger partial charge in [0.25, 0.3) is 0 Å². The van der Waals surface area contributed by atoms with E-state index in [0.717, 1.165) is 16.9 Å². The van der Waals surface area contributed by atoms with E-state index in [1.807, 2.05) is 65.3 Å². The SMILES string of the molecule is CO[C@H](CC(=O)NO)[C@H](Cc1ccc(Cl)cc1)c1ccnn1-c1ccccc1. The summed E-state index contributed by atoms with van der Waals surface area (Å²) in [7, 11) is 1.56. The molecule has 0 spiro atoms. The van der Waals surface area contributed by atoms with Crippen LogP contribution in [0.15, 0.2) is 66.9 Å². The molecule has 146 valence electrons. The number of nitrogens with one attached hydrogen (secondary N) is 1. The molecule has 0 unspecified atom stereocenters.